The molecule has 0 saturated carbocycles. The number of carbonyl (C=O) groups excluding carboxylic acids is 1. The van der Waals surface area contributed by atoms with Gasteiger partial charge in [-0.15, -0.1) is 11.3 Å². The Hall–Kier alpha value is -1.86. The van der Waals surface area contributed by atoms with Crippen LogP contribution in [0.1, 0.15) is 21.4 Å². The number of thiazole rings is 1. The van der Waals surface area contributed by atoms with E-state index in [9.17, 15) is 21.6 Å². The van der Waals surface area contributed by atoms with Crippen LogP contribution in [-0.4, -0.2) is 40.0 Å². The average Bonchev–Trinajstić information content (AvgIpc) is 3.04. The number of rotatable bonds is 8. The number of hydrogen-bond acceptors (Lipinski definition) is 7. The van der Waals surface area contributed by atoms with E-state index in [-0.39, 0.29) is 17.3 Å². The van der Waals surface area contributed by atoms with Crippen LogP contribution in [0.15, 0.2) is 46.9 Å². The summed E-state index contributed by atoms with van der Waals surface area (Å²) in [6.45, 7) is 1.59. The summed E-state index contributed by atoms with van der Waals surface area (Å²) < 4.78 is 50.4. The van der Waals surface area contributed by atoms with Gasteiger partial charge in [-0.3, -0.25) is 4.79 Å². The predicted octanol–water partition coefficient (Wildman–Crippen LogP) is 2.43. The third-order valence-corrected chi connectivity index (χ3v) is 8.75. The van der Waals surface area contributed by atoms with Gasteiger partial charge < -0.3 is 5.32 Å². The Kier molecular flexibility index (Phi) is 7.16. The summed E-state index contributed by atoms with van der Waals surface area (Å²) in [6.07, 6.45) is 0. The van der Waals surface area contributed by atoms with Gasteiger partial charge >= 0.3 is 0 Å². The summed E-state index contributed by atoms with van der Waals surface area (Å²) in [5, 5.41) is 5.88. The molecule has 0 saturated heterocycles. The Morgan fingerprint density at radius 1 is 1.16 bits per heavy atom. The van der Waals surface area contributed by atoms with Gasteiger partial charge in [-0.2, -0.15) is 0 Å². The minimum absolute atomic E-state index is 0.119. The van der Waals surface area contributed by atoms with Crippen molar-refractivity contribution in [1.29, 1.82) is 0 Å². The number of sulfonamides is 1. The van der Waals surface area contributed by atoms with Gasteiger partial charge in [-0.1, -0.05) is 45.8 Å². The molecule has 3 N–H and O–H groups in total. The van der Waals surface area contributed by atoms with Gasteiger partial charge in [0.1, 0.15) is 5.01 Å². The third kappa shape index (κ3) is 6.32. The standard InChI is InChI=1S/C19H20BrN3O5S3/c1-12-2-4-13(5-3-12)11-30(25,26)17(18(24)22-8-9-31(21,27)28)19-23-15-7-6-14(20)10-16(15)29-19/h2-7,10,17H,8-9,11H2,1H3,(H,22,24)(H2,21,27,28). The molecule has 12 heteroatoms. The third-order valence-electron chi connectivity index (χ3n) is 4.36. The van der Waals surface area contributed by atoms with Crippen molar-refractivity contribution < 1.29 is 21.6 Å². The summed E-state index contributed by atoms with van der Waals surface area (Å²) in [6, 6.07) is 12.3. The highest BCUT2D eigenvalue weighted by Crippen LogP contribution is 2.34. The van der Waals surface area contributed by atoms with Crippen molar-refractivity contribution in [2.24, 2.45) is 5.14 Å². The normalized spacial score (nSPS) is 13.3. The van der Waals surface area contributed by atoms with Crippen molar-refractivity contribution in [2.45, 2.75) is 17.9 Å². The largest absolute Gasteiger partial charge is 0.354 e. The Labute approximate surface area is 193 Å². The van der Waals surface area contributed by atoms with Crippen molar-refractivity contribution in [3.05, 3.63) is 63.1 Å². The van der Waals surface area contributed by atoms with Crippen molar-refractivity contribution in [3.8, 4) is 0 Å². The molecule has 3 aromatic rings. The van der Waals surface area contributed by atoms with Crippen LogP contribution in [0.5, 0.6) is 0 Å². The molecule has 31 heavy (non-hydrogen) atoms. The van der Waals surface area contributed by atoms with E-state index in [1.165, 1.54) is 0 Å². The smallest absolute Gasteiger partial charge is 0.245 e. The lowest BCUT2D eigenvalue weighted by Crippen LogP contribution is -2.37. The van der Waals surface area contributed by atoms with E-state index < -0.39 is 36.8 Å². The number of hydrogen-bond donors (Lipinski definition) is 2. The molecule has 1 unspecified atom stereocenters. The highest BCUT2D eigenvalue weighted by atomic mass is 79.9. The molecule has 0 fully saturated rings. The number of aryl methyl sites for hydroxylation is 1. The molecule has 0 aliphatic carbocycles. The number of nitrogens with two attached hydrogens (primary N) is 1. The number of fused-ring (bicyclic) bond motifs is 1. The quantitative estimate of drug-likeness (QED) is 0.446. The summed E-state index contributed by atoms with van der Waals surface area (Å²) >= 11 is 4.47. The van der Waals surface area contributed by atoms with Gasteiger partial charge in [0.25, 0.3) is 0 Å². The van der Waals surface area contributed by atoms with E-state index in [1.54, 1.807) is 42.5 Å². The van der Waals surface area contributed by atoms with E-state index >= 15 is 0 Å². The van der Waals surface area contributed by atoms with Crippen LogP contribution in [0.3, 0.4) is 0 Å². The summed E-state index contributed by atoms with van der Waals surface area (Å²) in [4.78, 5) is 17.3. The van der Waals surface area contributed by atoms with Gasteiger partial charge in [0.15, 0.2) is 15.1 Å². The first-order valence-corrected chi connectivity index (χ1v) is 14.1. The first-order valence-electron chi connectivity index (χ1n) is 9.06. The Bertz CT molecular complexity index is 1320. The fourth-order valence-electron chi connectivity index (χ4n) is 2.87. The fourth-order valence-corrected chi connectivity index (χ4v) is 6.93. The molecule has 166 valence electrons. The highest BCUT2D eigenvalue weighted by Gasteiger charge is 2.37. The van der Waals surface area contributed by atoms with Gasteiger partial charge in [-0.25, -0.2) is 27.0 Å². The van der Waals surface area contributed by atoms with Crippen LogP contribution in [-0.2, 0) is 30.4 Å². The average molecular weight is 546 g/mol. The summed E-state index contributed by atoms with van der Waals surface area (Å²) in [5.74, 6) is -1.70. The fraction of sp³-hybridized carbons (Fsp3) is 0.263. The number of sulfone groups is 1. The Morgan fingerprint density at radius 2 is 1.84 bits per heavy atom. The molecule has 0 radical (unpaired) electrons. The zero-order valence-corrected chi connectivity index (χ0v) is 20.4. The van der Waals surface area contributed by atoms with Crippen LogP contribution in [0, 0.1) is 6.92 Å². The maximum atomic E-state index is 13.3. The van der Waals surface area contributed by atoms with Crippen LogP contribution >= 0.6 is 27.3 Å². The van der Waals surface area contributed by atoms with Crippen LogP contribution < -0.4 is 10.5 Å². The molecule has 0 aliphatic rings. The number of carbonyl (C=O) groups is 1. The monoisotopic (exact) mass is 545 g/mol. The molecule has 0 spiro atoms. The lowest BCUT2D eigenvalue weighted by Gasteiger charge is -2.15. The highest BCUT2D eigenvalue weighted by molar-refractivity contribution is 9.10. The molecule has 2 aromatic carbocycles. The SMILES string of the molecule is Cc1ccc(CS(=O)(=O)C(C(=O)NCCS(N)(=O)=O)c2nc3ccc(Br)cc3s2)cc1. The molecular formula is C19H20BrN3O5S3. The van der Waals surface area contributed by atoms with E-state index in [4.69, 9.17) is 5.14 Å². The number of primary sulfonamides is 1. The first-order chi connectivity index (χ1) is 14.4. The van der Waals surface area contributed by atoms with Gasteiger partial charge in [0.2, 0.25) is 15.9 Å². The molecule has 0 bridgehead atoms. The number of nitrogens with one attached hydrogen (secondary N) is 1. The number of aromatic nitrogens is 1. The minimum Gasteiger partial charge on any atom is -0.354 e. The second kappa shape index (κ2) is 9.33. The van der Waals surface area contributed by atoms with Crippen molar-refractivity contribution in [1.82, 2.24) is 10.3 Å². The number of amides is 1. The van der Waals surface area contributed by atoms with Crippen molar-refractivity contribution >= 4 is 63.3 Å². The second-order valence-corrected chi connectivity index (χ2v) is 12.8. The van der Waals surface area contributed by atoms with Crippen LogP contribution in [0.2, 0.25) is 0 Å². The Balaban J connectivity index is 1.97. The Morgan fingerprint density at radius 3 is 2.48 bits per heavy atom. The van der Waals surface area contributed by atoms with Gasteiger partial charge in [-0.05, 0) is 30.7 Å². The van der Waals surface area contributed by atoms with Crippen LogP contribution in [0.4, 0.5) is 0 Å². The maximum absolute atomic E-state index is 13.3. The molecule has 1 amide bonds. The molecular weight excluding hydrogens is 526 g/mol. The van der Waals surface area contributed by atoms with Gasteiger partial charge in [0, 0.05) is 11.0 Å². The maximum Gasteiger partial charge on any atom is 0.245 e. The van der Waals surface area contributed by atoms with E-state index in [1.807, 2.05) is 6.92 Å². The van der Waals surface area contributed by atoms with E-state index in [2.05, 4.69) is 26.2 Å². The summed E-state index contributed by atoms with van der Waals surface area (Å²) in [5.41, 5.74) is 2.09. The molecule has 8 nitrogen and oxygen atoms in total. The van der Waals surface area contributed by atoms with Crippen LogP contribution in [0.25, 0.3) is 10.2 Å². The lowest BCUT2D eigenvalue weighted by molar-refractivity contribution is -0.120. The zero-order chi connectivity index (χ0) is 22.8. The first kappa shape index (κ1) is 23.8. The van der Waals surface area contributed by atoms with Gasteiger partial charge in [0.05, 0.1) is 21.7 Å². The zero-order valence-electron chi connectivity index (χ0n) is 16.4. The topological polar surface area (TPSA) is 136 Å². The van der Waals surface area contributed by atoms with Crippen molar-refractivity contribution in [3.63, 3.8) is 0 Å². The molecule has 1 aromatic heterocycles. The number of halogens is 1. The summed E-state index contributed by atoms with van der Waals surface area (Å²) in [7, 11) is -7.83. The molecule has 1 heterocycles. The predicted molar refractivity (Wildman–Crippen MR) is 125 cm³/mol. The lowest BCUT2D eigenvalue weighted by atomic mass is 10.2. The number of nitrogens with zero attached hydrogens (tertiary/aromatic N) is 1. The van der Waals surface area contributed by atoms with Crippen molar-refractivity contribution in [2.75, 3.05) is 12.3 Å². The van der Waals surface area contributed by atoms with E-state index in [0.717, 1.165) is 26.1 Å². The molecule has 0 aliphatic heterocycles. The number of benzene rings is 2. The minimum atomic E-state index is -4.02. The second-order valence-electron chi connectivity index (χ2n) is 6.99. The molecule has 1 atom stereocenters. The van der Waals surface area contributed by atoms with E-state index in [0.29, 0.717) is 11.1 Å². The molecule has 3 rings (SSSR count).